The monoisotopic (exact) mass is 277 g/mol. The minimum atomic E-state index is 0.689. The Balaban J connectivity index is 2.38. The zero-order valence-corrected chi connectivity index (χ0v) is 13.2. The number of aryl methyl sites for hydroxylation is 1. The molecule has 0 heterocycles. The molecule has 0 aliphatic rings. The highest BCUT2D eigenvalue weighted by molar-refractivity contribution is 5.28. The van der Waals surface area contributed by atoms with Crippen molar-refractivity contribution < 1.29 is 4.74 Å². The normalized spacial score (nSPS) is 12.3. The second-order valence-electron chi connectivity index (χ2n) is 5.62. The molecule has 1 rings (SSSR count). The van der Waals surface area contributed by atoms with Gasteiger partial charge in [0.15, 0.2) is 0 Å². The van der Waals surface area contributed by atoms with E-state index in [9.17, 15) is 0 Å². The highest BCUT2D eigenvalue weighted by atomic mass is 16.5. The number of hydrogen-bond acceptors (Lipinski definition) is 2. The van der Waals surface area contributed by atoms with Crippen LogP contribution in [0.4, 0.5) is 0 Å². The Morgan fingerprint density at radius 2 is 2.00 bits per heavy atom. The predicted molar refractivity (Wildman–Crippen MR) is 87.2 cm³/mol. The standard InChI is InChI=1S/C18H31NO/c1-3-5-6-9-16(4-2)15-20-18-12-7-10-17(14-18)11-8-13-19/h7,10,12,14,16H,3-6,8-9,11,13,15,19H2,1-2H3. The lowest BCUT2D eigenvalue weighted by atomic mass is 10.00. The average Bonchev–Trinajstić information content (AvgIpc) is 2.49. The molecule has 0 spiro atoms. The van der Waals surface area contributed by atoms with Crippen molar-refractivity contribution in [2.75, 3.05) is 13.2 Å². The first-order valence-electron chi connectivity index (χ1n) is 8.21. The summed E-state index contributed by atoms with van der Waals surface area (Å²) in [5.74, 6) is 1.70. The van der Waals surface area contributed by atoms with Gasteiger partial charge in [0.2, 0.25) is 0 Å². The van der Waals surface area contributed by atoms with Crippen molar-refractivity contribution in [1.82, 2.24) is 0 Å². The number of hydrogen-bond donors (Lipinski definition) is 1. The van der Waals surface area contributed by atoms with E-state index in [1.165, 1.54) is 37.7 Å². The predicted octanol–water partition coefficient (Wildman–Crippen LogP) is 4.56. The van der Waals surface area contributed by atoms with Gasteiger partial charge in [0.25, 0.3) is 0 Å². The SMILES string of the molecule is CCCCCC(CC)COc1cccc(CCCN)c1. The van der Waals surface area contributed by atoms with Gasteiger partial charge in [0.1, 0.15) is 5.75 Å². The maximum absolute atomic E-state index is 5.98. The van der Waals surface area contributed by atoms with Gasteiger partial charge in [-0.2, -0.15) is 0 Å². The minimum absolute atomic E-state index is 0.689. The first kappa shape index (κ1) is 17.0. The molecule has 2 heteroatoms. The second-order valence-corrected chi connectivity index (χ2v) is 5.62. The van der Waals surface area contributed by atoms with Crippen LogP contribution in [-0.4, -0.2) is 13.2 Å². The molecule has 0 fully saturated rings. The summed E-state index contributed by atoms with van der Waals surface area (Å²) < 4.78 is 5.98. The molecule has 0 radical (unpaired) electrons. The molecule has 0 aliphatic heterocycles. The van der Waals surface area contributed by atoms with E-state index in [2.05, 4.69) is 38.1 Å². The Bertz CT molecular complexity index is 351. The Hall–Kier alpha value is -1.02. The molecule has 0 saturated carbocycles. The van der Waals surface area contributed by atoms with Crippen molar-refractivity contribution in [3.63, 3.8) is 0 Å². The summed E-state index contributed by atoms with van der Waals surface area (Å²) >= 11 is 0. The Morgan fingerprint density at radius 3 is 2.70 bits per heavy atom. The molecular formula is C18H31NO. The van der Waals surface area contributed by atoms with Gasteiger partial charge in [-0.3, -0.25) is 0 Å². The first-order valence-corrected chi connectivity index (χ1v) is 8.21. The summed E-state index contributed by atoms with van der Waals surface area (Å²) in [5.41, 5.74) is 6.88. The topological polar surface area (TPSA) is 35.2 Å². The molecule has 0 aliphatic carbocycles. The van der Waals surface area contributed by atoms with Gasteiger partial charge in [0.05, 0.1) is 6.61 Å². The second kappa shape index (κ2) is 10.7. The smallest absolute Gasteiger partial charge is 0.119 e. The van der Waals surface area contributed by atoms with Gasteiger partial charge in [-0.15, -0.1) is 0 Å². The summed E-state index contributed by atoms with van der Waals surface area (Å²) in [6, 6.07) is 8.46. The molecule has 0 aromatic heterocycles. The fraction of sp³-hybridized carbons (Fsp3) is 0.667. The molecule has 2 N–H and O–H groups in total. The lowest BCUT2D eigenvalue weighted by Crippen LogP contribution is -2.11. The maximum atomic E-state index is 5.98. The van der Waals surface area contributed by atoms with E-state index in [1.54, 1.807) is 0 Å². The number of ether oxygens (including phenoxy) is 1. The van der Waals surface area contributed by atoms with Gasteiger partial charge in [-0.1, -0.05) is 51.7 Å². The van der Waals surface area contributed by atoms with Gasteiger partial charge in [-0.05, 0) is 49.4 Å². The molecule has 1 atom stereocenters. The molecule has 2 nitrogen and oxygen atoms in total. The van der Waals surface area contributed by atoms with Crippen LogP contribution in [0.5, 0.6) is 5.75 Å². The highest BCUT2D eigenvalue weighted by Gasteiger charge is 2.07. The van der Waals surface area contributed by atoms with E-state index < -0.39 is 0 Å². The molecule has 0 bridgehead atoms. The van der Waals surface area contributed by atoms with Gasteiger partial charge in [-0.25, -0.2) is 0 Å². The molecule has 20 heavy (non-hydrogen) atoms. The maximum Gasteiger partial charge on any atom is 0.119 e. The van der Waals surface area contributed by atoms with E-state index >= 15 is 0 Å². The largest absolute Gasteiger partial charge is 0.493 e. The van der Waals surface area contributed by atoms with E-state index in [0.29, 0.717) is 5.92 Å². The van der Waals surface area contributed by atoms with Crippen molar-refractivity contribution in [2.45, 2.75) is 58.8 Å². The third kappa shape index (κ3) is 6.95. The summed E-state index contributed by atoms with van der Waals surface area (Å²) in [7, 11) is 0. The fourth-order valence-corrected chi connectivity index (χ4v) is 2.40. The zero-order valence-electron chi connectivity index (χ0n) is 13.2. The molecule has 0 amide bonds. The van der Waals surface area contributed by atoms with Gasteiger partial charge in [0, 0.05) is 0 Å². The van der Waals surface area contributed by atoms with Crippen molar-refractivity contribution in [2.24, 2.45) is 11.7 Å². The van der Waals surface area contributed by atoms with Crippen LogP contribution in [0.3, 0.4) is 0 Å². The Morgan fingerprint density at radius 1 is 1.15 bits per heavy atom. The number of benzene rings is 1. The van der Waals surface area contributed by atoms with Crippen LogP contribution >= 0.6 is 0 Å². The fourth-order valence-electron chi connectivity index (χ4n) is 2.40. The van der Waals surface area contributed by atoms with Crippen molar-refractivity contribution in [1.29, 1.82) is 0 Å². The Kier molecular flexibility index (Phi) is 9.14. The number of rotatable bonds is 11. The van der Waals surface area contributed by atoms with Crippen LogP contribution in [-0.2, 0) is 6.42 Å². The van der Waals surface area contributed by atoms with E-state index in [0.717, 1.165) is 31.7 Å². The minimum Gasteiger partial charge on any atom is -0.493 e. The van der Waals surface area contributed by atoms with E-state index in [-0.39, 0.29) is 0 Å². The zero-order chi connectivity index (χ0) is 14.6. The van der Waals surface area contributed by atoms with Crippen LogP contribution in [0.25, 0.3) is 0 Å². The molecule has 1 unspecified atom stereocenters. The molecular weight excluding hydrogens is 246 g/mol. The van der Waals surface area contributed by atoms with Gasteiger partial charge >= 0.3 is 0 Å². The average molecular weight is 277 g/mol. The van der Waals surface area contributed by atoms with Gasteiger partial charge < -0.3 is 10.5 Å². The van der Waals surface area contributed by atoms with Crippen LogP contribution in [0.15, 0.2) is 24.3 Å². The summed E-state index contributed by atoms with van der Waals surface area (Å²) in [5, 5.41) is 0. The van der Waals surface area contributed by atoms with Crippen LogP contribution in [0.1, 0.15) is 57.9 Å². The lowest BCUT2D eigenvalue weighted by Gasteiger charge is -2.16. The third-order valence-corrected chi connectivity index (χ3v) is 3.85. The van der Waals surface area contributed by atoms with Crippen LogP contribution in [0, 0.1) is 5.92 Å². The third-order valence-electron chi connectivity index (χ3n) is 3.85. The molecule has 1 aromatic carbocycles. The molecule has 0 saturated heterocycles. The van der Waals surface area contributed by atoms with E-state index in [1.807, 2.05) is 0 Å². The lowest BCUT2D eigenvalue weighted by molar-refractivity contribution is 0.232. The quantitative estimate of drug-likeness (QED) is 0.602. The first-order chi connectivity index (χ1) is 9.80. The summed E-state index contributed by atoms with van der Waals surface area (Å²) in [6.45, 7) is 6.11. The Labute approximate surface area is 124 Å². The van der Waals surface area contributed by atoms with E-state index in [4.69, 9.17) is 10.5 Å². The highest BCUT2D eigenvalue weighted by Crippen LogP contribution is 2.18. The number of nitrogens with two attached hydrogens (primary N) is 1. The van der Waals surface area contributed by atoms with Crippen LogP contribution < -0.4 is 10.5 Å². The molecule has 114 valence electrons. The van der Waals surface area contributed by atoms with Crippen LogP contribution in [0.2, 0.25) is 0 Å². The van der Waals surface area contributed by atoms with Crippen molar-refractivity contribution in [3.05, 3.63) is 29.8 Å². The summed E-state index contributed by atoms with van der Waals surface area (Å²) in [6.07, 6.45) is 8.54. The van der Waals surface area contributed by atoms with Crippen molar-refractivity contribution in [3.8, 4) is 5.75 Å². The number of unbranched alkanes of at least 4 members (excludes halogenated alkanes) is 2. The van der Waals surface area contributed by atoms with Crippen molar-refractivity contribution >= 4 is 0 Å². The summed E-state index contributed by atoms with van der Waals surface area (Å²) in [4.78, 5) is 0. The molecule has 1 aromatic rings.